The number of aliphatic hydroxyl groups excluding tert-OH is 1. The summed E-state index contributed by atoms with van der Waals surface area (Å²) >= 11 is 0. The minimum Gasteiger partial charge on any atom is -0.491 e. The fourth-order valence-corrected chi connectivity index (χ4v) is 1.58. The molecule has 96 valence electrons. The van der Waals surface area contributed by atoms with Crippen LogP contribution in [-0.2, 0) is 0 Å². The highest BCUT2D eigenvalue weighted by Crippen LogP contribution is 2.21. The van der Waals surface area contributed by atoms with Gasteiger partial charge in [0.15, 0.2) is 0 Å². The Balaban J connectivity index is 2.72. The highest BCUT2D eigenvalue weighted by Gasteiger charge is 2.10. The Bertz CT molecular complexity index is 355. The predicted octanol–water partition coefficient (Wildman–Crippen LogP) is 2.26. The van der Waals surface area contributed by atoms with Gasteiger partial charge in [0.1, 0.15) is 18.2 Å². The Morgan fingerprint density at radius 2 is 2.12 bits per heavy atom. The lowest BCUT2D eigenvalue weighted by Gasteiger charge is -2.15. The first-order chi connectivity index (χ1) is 8.04. The molecule has 1 aromatic rings. The summed E-state index contributed by atoms with van der Waals surface area (Å²) in [6.07, 6.45) is -0.557. The molecular weight excluding hydrogens is 221 g/mol. The quantitative estimate of drug-likeness (QED) is 0.802. The van der Waals surface area contributed by atoms with E-state index in [1.54, 1.807) is 19.1 Å². The zero-order chi connectivity index (χ0) is 12.8. The van der Waals surface area contributed by atoms with Crippen molar-refractivity contribution in [1.29, 1.82) is 0 Å². The predicted molar refractivity (Wildman–Crippen MR) is 65.7 cm³/mol. The molecule has 0 aliphatic rings. The molecule has 2 atom stereocenters. The van der Waals surface area contributed by atoms with Crippen molar-refractivity contribution in [2.24, 2.45) is 0 Å². The summed E-state index contributed by atoms with van der Waals surface area (Å²) in [7, 11) is 0. The molecule has 17 heavy (non-hydrogen) atoms. The molecule has 1 rings (SSSR count). The molecule has 0 saturated heterocycles. The summed E-state index contributed by atoms with van der Waals surface area (Å²) in [4.78, 5) is 0. The smallest absolute Gasteiger partial charge is 0.131 e. The minimum absolute atomic E-state index is 0.0224. The normalized spacial score (nSPS) is 14.4. The molecule has 2 unspecified atom stereocenters. The molecule has 0 aliphatic carbocycles. The van der Waals surface area contributed by atoms with Crippen molar-refractivity contribution in [2.75, 3.05) is 13.2 Å². The molecule has 2 N–H and O–H groups in total. The second-order valence-corrected chi connectivity index (χ2v) is 4.12. The molecule has 0 saturated carbocycles. The molecule has 0 fully saturated rings. The van der Waals surface area contributed by atoms with Crippen LogP contribution in [0.4, 0.5) is 4.39 Å². The maximum absolute atomic E-state index is 13.8. The van der Waals surface area contributed by atoms with Crippen LogP contribution in [0.5, 0.6) is 5.75 Å². The lowest BCUT2D eigenvalue weighted by molar-refractivity contribution is 0.122. The van der Waals surface area contributed by atoms with Crippen molar-refractivity contribution in [1.82, 2.24) is 5.32 Å². The Hall–Kier alpha value is -1.13. The van der Waals surface area contributed by atoms with E-state index >= 15 is 0 Å². The van der Waals surface area contributed by atoms with E-state index in [0.717, 1.165) is 6.54 Å². The van der Waals surface area contributed by atoms with Gasteiger partial charge in [-0.2, -0.15) is 0 Å². The van der Waals surface area contributed by atoms with Gasteiger partial charge in [0.05, 0.1) is 6.10 Å². The van der Waals surface area contributed by atoms with E-state index in [-0.39, 0.29) is 18.5 Å². The monoisotopic (exact) mass is 241 g/mol. The van der Waals surface area contributed by atoms with Crippen molar-refractivity contribution >= 4 is 0 Å². The molecular formula is C13H20FNO2. The van der Waals surface area contributed by atoms with E-state index < -0.39 is 6.10 Å². The number of nitrogens with one attached hydrogen (secondary N) is 1. The van der Waals surface area contributed by atoms with Gasteiger partial charge in [-0.25, -0.2) is 4.39 Å². The number of aliphatic hydroxyl groups is 1. The van der Waals surface area contributed by atoms with Gasteiger partial charge >= 0.3 is 0 Å². The van der Waals surface area contributed by atoms with Crippen molar-refractivity contribution in [3.8, 4) is 5.75 Å². The van der Waals surface area contributed by atoms with E-state index in [2.05, 4.69) is 5.32 Å². The SMILES string of the molecule is CCNC(C)c1ccc(OCC(C)O)cc1F. The number of hydrogen-bond donors (Lipinski definition) is 2. The molecule has 4 heteroatoms. The number of rotatable bonds is 6. The summed E-state index contributed by atoms with van der Waals surface area (Å²) in [6, 6.07) is 4.76. The van der Waals surface area contributed by atoms with E-state index in [1.165, 1.54) is 6.07 Å². The second kappa shape index (κ2) is 6.57. The molecule has 0 amide bonds. The third-order valence-electron chi connectivity index (χ3n) is 2.44. The summed E-state index contributed by atoms with van der Waals surface area (Å²) < 4.78 is 19.0. The van der Waals surface area contributed by atoms with E-state index in [9.17, 15) is 4.39 Å². The van der Waals surface area contributed by atoms with Gasteiger partial charge in [0.2, 0.25) is 0 Å². The van der Waals surface area contributed by atoms with Gasteiger partial charge < -0.3 is 15.2 Å². The molecule has 0 heterocycles. The zero-order valence-corrected chi connectivity index (χ0v) is 10.5. The number of halogens is 1. The Morgan fingerprint density at radius 1 is 1.41 bits per heavy atom. The average Bonchev–Trinajstić information content (AvgIpc) is 2.26. The van der Waals surface area contributed by atoms with E-state index in [0.29, 0.717) is 11.3 Å². The largest absolute Gasteiger partial charge is 0.491 e. The van der Waals surface area contributed by atoms with Crippen molar-refractivity contribution < 1.29 is 14.2 Å². The van der Waals surface area contributed by atoms with Crippen molar-refractivity contribution in [2.45, 2.75) is 32.9 Å². The molecule has 3 nitrogen and oxygen atoms in total. The highest BCUT2D eigenvalue weighted by atomic mass is 19.1. The molecule has 0 radical (unpaired) electrons. The van der Waals surface area contributed by atoms with E-state index in [4.69, 9.17) is 9.84 Å². The van der Waals surface area contributed by atoms with Crippen LogP contribution < -0.4 is 10.1 Å². The summed E-state index contributed by atoms with van der Waals surface area (Å²) in [5.41, 5.74) is 0.622. The lowest BCUT2D eigenvalue weighted by Crippen LogP contribution is -2.19. The fraction of sp³-hybridized carbons (Fsp3) is 0.538. The topological polar surface area (TPSA) is 41.5 Å². The first-order valence-electron chi connectivity index (χ1n) is 5.88. The van der Waals surface area contributed by atoms with Crippen LogP contribution in [-0.4, -0.2) is 24.4 Å². The number of hydrogen-bond acceptors (Lipinski definition) is 3. The first-order valence-corrected chi connectivity index (χ1v) is 5.88. The van der Waals surface area contributed by atoms with Crippen LogP contribution in [0, 0.1) is 5.82 Å². The fourth-order valence-electron chi connectivity index (χ4n) is 1.58. The maximum Gasteiger partial charge on any atom is 0.131 e. The number of ether oxygens (including phenoxy) is 1. The Labute approximate surface area is 102 Å². The Kier molecular flexibility index (Phi) is 5.38. The maximum atomic E-state index is 13.8. The second-order valence-electron chi connectivity index (χ2n) is 4.12. The van der Waals surface area contributed by atoms with Gasteiger partial charge in [-0.15, -0.1) is 0 Å². The summed E-state index contributed by atoms with van der Waals surface area (Å²) in [5, 5.41) is 12.2. The highest BCUT2D eigenvalue weighted by molar-refractivity contribution is 5.30. The van der Waals surface area contributed by atoms with Crippen LogP contribution in [0.15, 0.2) is 18.2 Å². The molecule has 0 aromatic heterocycles. The van der Waals surface area contributed by atoms with Crippen LogP contribution in [0.2, 0.25) is 0 Å². The van der Waals surface area contributed by atoms with Gasteiger partial charge in [0, 0.05) is 17.7 Å². The summed E-state index contributed by atoms with van der Waals surface area (Å²) in [6.45, 7) is 6.48. The zero-order valence-electron chi connectivity index (χ0n) is 10.5. The van der Waals surface area contributed by atoms with E-state index in [1.807, 2.05) is 13.8 Å². The third-order valence-corrected chi connectivity index (χ3v) is 2.44. The minimum atomic E-state index is -0.557. The number of benzene rings is 1. The van der Waals surface area contributed by atoms with Gasteiger partial charge in [-0.3, -0.25) is 0 Å². The van der Waals surface area contributed by atoms with Gasteiger partial charge in [0.25, 0.3) is 0 Å². The van der Waals surface area contributed by atoms with Crippen LogP contribution in [0.25, 0.3) is 0 Å². The Morgan fingerprint density at radius 3 is 2.65 bits per heavy atom. The van der Waals surface area contributed by atoms with Crippen molar-refractivity contribution in [3.05, 3.63) is 29.6 Å². The molecule has 0 bridgehead atoms. The standard InChI is InChI=1S/C13H20FNO2/c1-4-15-10(3)12-6-5-11(7-13(12)14)17-8-9(2)16/h5-7,9-10,15-16H,4,8H2,1-3H3. The summed E-state index contributed by atoms with van der Waals surface area (Å²) in [5.74, 6) is 0.150. The molecule has 0 aliphatic heterocycles. The van der Waals surface area contributed by atoms with Gasteiger partial charge in [-0.1, -0.05) is 13.0 Å². The first kappa shape index (κ1) is 13.9. The van der Waals surface area contributed by atoms with Crippen LogP contribution in [0.1, 0.15) is 32.4 Å². The molecule has 1 aromatic carbocycles. The van der Waals surface area contributed by atoms with Crippen molar-refractivity contribution in [3.63, 3.8) is 0 Å². The average molecular weight is 241 g/mol. The van der Waals surface area contributed by atoms with Crippen LogP contribution >= 0.6 is 0 Å². The lowest BCUT2D eigenvalue weighted by atomic mass is 10.1. The molecule has 0 spiro atoms. The van der Waals surface area contributed by atoms with Crippen LogP contribution in [0.3, 0.4) is 0 Å². The third kappa shape index (κ3) is 4.32. The van der Waals surface area contributed by atoms with Gasteiger partial charge in [-0.05, 0) is 26.5 Å².